The second-order valence-electron chi connectivity index (χ2n) is 3.62. The Kier molecular flexibility index (Phi) is 5.07. The number of halogens is 1. The molecule has 0 spiro atoms. The molecule has 92 valence electrons. The Hall–Kier alpha value is -1.01. The summed E-state index contributed by atoms with van der Waals surface area (Å²) >= 11 is 3.75. The summed E-state index contributed by atoms with van der Waals surface area (Å²) in [4.78, 5) is 13.6. The summed E-state index contributed by atoms with van der Waals surface area (Å²) < 4.78 is 0.471. The van der Waals surface area contributed by atoms with Crippen LogP contribution in [0.3, 0.4) is 0 Å². The van der Waals surface area contributed by atoms with Crippen molar-refractivity contribution in [2.24, 2.45) is 0 Å². The van der Waals surface area contributed by atoms with Crippen LogP contribution in [0, 0.1) is 0 Å². The first kappa shape index (κ1) is 13.4. The quantitative estimate of drug-likeness (QED) is 0.646. The Bertz CT molecular complexity index is 513. The smallest absolute Gasteiger partial charge is 0.234 e. The summed E-state index contributed by atoms with van der Waals surface area (Å²) in [5, 5.41) is 2.83. The van der Waals surface area contributed by atoms with Crippen LogP contribution in [0.4, 0.5) is 5.69 Å². The molecule has 0 aromatic heterocycles. The molecule has 0 unspecified atom stereocenters. The molecule has 4 heteroatoms. The van der Waals surface area contributed by atoms with E-state index in [1.807, 2.05) is 65.1 Å². The summed E-state index contributed by atoms with van der Waals surface area (Å²) in [6, 6.07) is 18.1. The number of hydrogen-bond donors (Lipinski definition) is 1. The lowest BCUT2D eigenvalue weighted by molar-refractivity contribution is -0.113. The summed E-state index contributed by atoms with van der Waals surface area (Å²) in [6.07, 6.45) is 0. The Labute approximate surface area is 124 Å². The van der Waals surface area contributed by atoms with Crippen molar-refractivity contribution in [1.82, 2.24) is 0 Å². The standard InChI is InChI=1S/C14H12INOS/c15-10-14(17)16-11-6-8-13(9-7-11)18-12-4-2-1-3-5-12/h1-9H,10H2,(H,16,17). The molecule has 0 fully saturated rings. The van der Waals surface area contributed by atoms with Crippen LogP contribution in [0.2, 0.25) is 0 Å². The van der Waals surface area contributed by atoms with Crippen molar-refractivity contribution in [3.05, 3.63) is 54.6 Å². The molecule has 18 heavy (non-hydrogen) atoms. The molecule has 0 saturated carbocycles. The molecule has 0 heterocycles. The van der Waals surface area contributed by atoms with Crippen LogP contribution in [0.15, 0.2) is 64.4 Å². The molecule has 0 atom stereocenters. The maximum absolute atomic E-state index is 11.2. The molecule has 0 aliphatic rings. The number of hydrogen-bond acceptors (Lipinski definition) is 2. The molecular weight excluding hydrogens is 357 g/mol. The topological polar surface area (TPSA) is 29.1 Å². The molecule has 1 N–H and O–H groups in total. The van der Waals surface area contributed by atoms with Gasteiger partial charge in [0.1, 0.15) is 0 Å². The summed E-state index contributed by atoms with van der Waals surface area (Å²) in [7, 11) is 0. The van der Waals surface area contributed by atoms with Gasteiger partial charge in [0, 0.05) is 15.5 Å². The summed E-state index contributed by atoms with van der Waals surface area (Å²) in [5.41, 5.74) is 0.842. The van der Waals surface area contributed by atoms with Gasteiger partial charge in [-0.15, -0.1) is 0 Å². The fourth-order valence-corrected chi connectivity index (χ4v) is 2.45. The fraction of sp³-hybridized carbons (Fsp3) is 0.0714. The first-order valence-electron chi connectivity index (χ1n) is 5.47. The highest BCUT2D eigenvalue weighted by Gasteiger charge is 2.00. The predicted molar refractivity (Wildman–Crippen MR) is 84.5 cm³/mol. The molecule has 0 bridgehead atoms. The monoisotopic (exact) mass is 369 g/mol. The maximum atomic E-state index is 11.2. The molecule has 2 nitrogen and oxygen atoms in total. The van der Waals surface area contributed by atoms with Crippen molar-refractivity contribution in [3.63, 3.8) is 0 Å². The Balaban J connectivity index is 2.02. The molecule has 0 aliphatic heterocycles. The molecule has 0 saturated heterocycles. The normalized spacial score (nSPS) is 10.1. The highest BCUT2D eigenvalue weighted by molar-refractivity contribution is 14.1. The first-order valence-corrected chi connectivity index (χ1v) is 7.81. The van der Waals surface area contributed by atoms with Gasteiger partial charge >= 0.3 is 0 Å². The molecular formula is C14H12INOS. The van der Waals surface area contributed by atoms with Crippen LogP contribution in [0.1, 0.15) is 0 Å². The Morgan fingerprint density at radius 3 is 2.22 bits per heavy atom. The molecule has 1 amide bonds. The van der Waals surface area contributed by atoms with Crippen molar-refractivity contribution in [3.8, 4) is 0 Å². The Morgan fingerprint density at radius 2 is 1.61 bits per heavy atom. The van der Waals surface area contributed by atoms with Gasteiger partial charge in [-0.2, -0.15) is 0 Å². The van der Waals surface area contributed by atoms with E-state index in [-0.39, 0.29) is 5.91 Å². The number of anilines is 1. The third-order valence-electron chi connectivity index (χ3n) is 2.24. The molecule has 0 radical (unpaired) electrons. The van der Waals surface area contributed by atoms with Gasteiger partial charge < -0.3 is 5.32 Å². The van der Waals surface area contributed by atoms with E-state index in [9.17, 15) is 4.79 Å². The van der Waals surface area contributed by atoms with Crippen LogP contribution in [0.25, 0.3) is 0 Å². The number of carbonyl (C=O) groups excluding carboxylic acids is 1. The van der Waals surface area contributed by atoms with Crippen molar-refractivity contribution in [2.45, 2.75) is 9.79 Å². The molecule has 2 rings (SSSR count). The molecule has 0 aliphatic carbocycles. The van der Waals surface area contributed by atoms with E-state index in [4.69, 9.17) is 0 Å². The minimum absolute atomic E-state index is 0.0269. The number of amides is 1. The highest BCUT2D eigenvalue weighted by atomic mass is 127. The third kappa shape index (κ3) is 4.03. The van der Waals surface area contributed by atoms with Gasteiger partial charge in [-0.25, -0.2) is 0 Å². The third-order valence-corrected chi connectivity index (χ3v) is 3.95. The first-order chi connectivity index (χ1) is 8.78. The lowest BCUT2D eigenvalue weighted by Gasteiger charge is -2.05. The van der Waals surface area contributed by atoms with Crippen molar-refractivity contribution >= 4 is 45.9 Å². The summed E-state index contributed by atoms with van der Waals surface area (Å²) in [5.74, 6) is 0.0269. The zero-order chi connectivity index (χ0) is 12.8. The van der Waals surface area contributed by atoms with Crippen LogP contribution in [-0.2, 0) is 4.79 Å². The van der Waals surface area contributed by atoms with E-state index < -0.39 is 0 Å². The van der Waals surface area contributed by atoms with Gasteiger partial charge in [0.15, 0.2) is 0 Å². The van der Waals surface area contributed by atoms with Crippen molar-refractivity contribution in [2.75, 3.05) is 9.74 Å². The van der Waals surface area contributed by atoms with Crippen LogP contribution in [0.5, 0.6) is 0 Å². The average Bonchev–Trinajstić information content (AvgIpc) is 2.42. The SMILES string of the molecule is O=C(CI)Nc1ccc(Sc2ccccc2)cc1. The second-order valence-corrected chi connectivity index (χ2v) is 5.53. The van der Waals surface area contributed by atoms with Gasteiger partial charge in [0.05, 0.1) is 4.43 Å². The summed E-state index contributed by atoms with van der Waals surface area (Å²) in [6.45, 7) is 0. The minimum Gasteiger partial charge on any atom is -0.325 e. The zero-order valence-electron chi connectivity index (χ0n) is 9.60. The Morgan fingerprint density at radius 1 is 1.00 bits per heavy atom. The second kappa shape index (κ2) is 6.80. The van der Waals surface area contributed by atoms with E-state index in [1.165, 1.54) is 4.90 Å². The van der Waals surface area contributed by atoms with Crippen LogP contribution < -0.4 is 5.32 Å². The van der Waals surface area contributed by atoms with E-state index in [0.29, 0.717) is 4.43 Å². The van der Waals surface area contributed by atoms with E-state index in [2.05, 4.69) is 17.4 Å². The van der Waals surface area contributed by atoms with Gasteiger partial charge in [-0.05, 0) is 36.4 Å². The van der Waals surface area contributed by atoms with Gasteiger partial charge in [0.2, 0.25) is 5.91 Å². The van der Waals surface area contributed by atoms with E-state index >= 15 is 0 Å². The van der Waals surface area contributed by atoms with Crippen molar-refractivity contribution < 1.29 is 4.79 Å². The average molecular weight is 369 g/mol. The number of benzene rings is 2. The van der Waals surface area contributed by atoms with Crippen LogP contribution in [-0.4, -0.2) is 10.3 Å². The van der Waals surface area contributed by atoms with Crippen molar-refractivity contribution in [1.29, 1.82) is 0 Å². The number of rotatable bonds is 4. The highest BCUT2D eigenvalue weighted by Crippen LogP contribution is 2.28. The maximum Gasteiger partial charge on any atom is 0.234 e. The zero-order valence-corrected chi connectivity index (χ0v) is 12.6. The molecule has 2 aromatic rings. The number of nitrogens with one attached hydrogen (secondary N) is 1. The number of alkyl halides is 1. The lowest BCUT2D eigenvalue weighted by Crippen LogP contribution is -2.11. The van der Waals surface area contributed by atoms with Gasteiger partial charge in [-0.1, -0.05) is 52.6 Å². The fourth-order valence-electron chi connectivity index (χ4n) is 1.43. The number of carbonyl (C=O) groups is 1. The lowest BCUT2D eigenvalue weighted by atomic mass is 10.3. The van der Waals surface area contributed by atoms with E-state index in [1.54, 1.807) is 11.8 Å². The minimum atomic E-state index is 0.0269. The van der Waals surface area contributed by atoms with Gasteiger partial charge in [0.25, 0.3) is 0 Å². The van der Waals surface area contributed by atoms with Gasteiger partial charge in [-0.3, -0.25) is 4.79 Å². The van der Waals surface area contributed by atoms with Crippen LogP contribution >= 0.6 is 34.4 Å². The largest absolute Gasteiger partial charge is 0.325 e. The van der Waals surface area contributed by atoms with E-state index in [0.717, 1.165) is 10.6 Å². The molecule has 2 aromatic carbocycles. The predicted octanol–water partition coefficient (Wildman–Crippen LogP) is 4.21.